The summed E-state index contributed by atoms with van der Waals surface area (Å²) in [6.45, 7) is 11.4. The highest BCUT2D eigenvalue weighted by Gasteiger charge is 2.33. The van der Waals surface area contributed by atoms with Gasteiger partial charge in [0.25, 0.3) is 0 Å². The largest absolute Gasteiger partial charge is 0.444 e. The highest BCUT2D eigenvalue weighted by molar-refractivity contribution is 5.80. The van der Waals surface area contributed by atoms with Crippen molar-refractivity contribution < 1.29 is 19.1 Å². The second kappa shape index (κ2) is 6.92. The number of likely N-dealkylation sites (tertiary alicyclic amines) is 1. The highest BCUT2D eigenvalue weighted by Crippen LogP contribution is 2.18. The van der Waals surface area contributed by atoms with Crippen LogP contribution >= 0.6 is 0 Å². The van der Waals surface area contributed by atoms with Crippen LogP contribution in [-0.2, 0) is 14.3 Å². The minimum absolute atomic E-state index is 0.109. The van der Waals surface area contributed by atoms with Crippen molar-refractivity contribution in [1.82, 2.24) is 10.2 Å². The molecule has 0 aromatic carbocycles. The lowest BCUT2D eigenvalue weighted by Gasteiger charge is -2.39. The van der Waals surface area contributed by atoms with E-state index in [0.29, 0.717) is 32.2 Å². The van der Waals surface area contributed by atoms with Crippen molar-refractivity contribution in [2.45, 2.75) is 46.3 Å². The molecule has 20 heavy (non-hydrogen) atoms. The Labute approximate surface area is 120 Å². The molecular formula is C14H26N2O4. The van der Waals surface area contributed by atoms with Crippen LogP contribution in [0.1, 0.15) is 34.6 Å². The van der Waals surface area contributed by atoms with Gasteiger partial charge >= 0.3 is 6.09 Å². The number of nitrogens with zero attached hydrogens (tertiary/aromatic N) is 1. The molecule has 1 aliphatic heterocycles. The topological polar surface area (TPSA) is 67.9 Å². The van der Waals surface area contributed by atoms with Crippen LogP contribution < -0.4 is 5.32 Å². The van der Waals surface area contributed by atoms with Gasteiger partial charge in [0.2, 0.25) is 5.91 Å². The Kier molecular flexibility index (Phi) is 5.80. The molecule has 0 aromatic heterocycles. The van der Waals surface area contributed by atoms with Crippen molar-refractivity contribution in [1.29, 1.82) is 0 Å². The zero-order valence-electron chi connectivity index (χ0n) is 13.1. The number of ether oxygens (including phenoxy) is 2. The van der Waals surface area contributed by atoms with Crippen LogP contribution in [0.3, 0.4) is 0 Å². The fourth-order valence-electron chi connectivity index (χ4n) is 1.89. The number of carbonyl (C=O) groups excluding carboxylic acids is 2. The lowest BCUT2D eigenvalue weighted by atomic mass is 10.0. The summed E-state index contributed by atoms with van der Waals surface area (Å²) >= 11 is 0. The molecule has 2 amide bonds. The van der Waals surface area contributed by atoms with E-state index in [0.717, 1.165) is 0 Å². The van der Waals surface area contributed by atoms with Gasteiger partial charge in [-0.2, -0.15) is 0 Å². The van der Waals surface area contributed by atoms with E-state index >= 15 is 0 Å². The molecule has 0 aliphatic carbocycles. The fraction of sp³-hybridized carbons (Fsp3) is 0.857. The number of hydrogen-bond acceptors (Lipinski definition) is 4. The predicted molar refractivity (Wildman–Crippen MR) is 75.4 cm³/mol. The summed E-state index contributed by atoms with van der Waals surface area (Å²) in [6, 6.07) is 0. The Morgan fingerprint density at radius 1 is 1.35 bits per heavy atom. The molecular weight excluding hydrogens is 260 g/mol. The summed E-state index contributed by atoms with van der Waals surface area (Å²) in [5, 5.41) is 2.83. The zero-order chi connectivity index (χ0) is 15.3. The number of hydrogen-bond donors (Lipinski definition) is 1. The van der Waals surface area contributed by atoms with E-state index in [1.54, 1.807) is 11.8 Å². The van der Waals surface area contributed by atoms with Crippen molar-refractivity contribution in [3.05, 3.63) is 0 Å². The molecule has 0 saturated carbocycles. The van der Waals surface area contributed by atoms with Crippen LogP contribution in [-0.4, -0.2) is 54.8 Å². The molecule has 1 saturated heterocycles. The zero-order valence-corrected chi connectivity index (χ0v) is 13.1. The molecule has 6 nitrogen and oxygen atoms in total. The van der Waals surface area contributed by atoms with Crippen LogP contribution in [0.2, 0.25) is 0 Å². The van der Waals surface area contributed by atoms with Crippen LogP contribution in [0.5, 0.6) is 0 Å². The first-order chi connectivity index (χ1) is 9.23. The van der Waals surface area contributed by atoms with Crippen LogP contribution in [0, 0.1) is 5.92 Å². The van der Waals surface area contributed by atoms with Gasteiger partial charge in [-0.05, 0) is 34.6 Å². The first-order valence-electron chi connectivity index (χ1n) is 7.10. The van der Waals surface area contributed by atoms with Gasteiger partial charge in [0.15, 0.2) is 0 Å². The Morgan fingerprint density at radius 3 is 2.45 bits per heavy atom. The summed E-state index contributed by atoms with van der Waals surface area (Å²) in [7, 11) is 0. The third kappa shape index (κ3) is 5.36. The average molecular weight is 286 g/mol. The maximum absolute atomic E-state index is 11.7. The molecule has 0 aromatic rings. The van der Waals surface area contributed by atoms with Crippen LogP contribution in [0.4, 0.5) is 4.79 Å². The van der Waals surface area contributed by atoms with E-state index < -0.39 is 11.7 Å². The molecule has 0 radical (unpaired) electrons. The molecule has 1 heterocycles. The van der Waals surface area contributed by atoms with Crippen LogP contribution in [0.25, 0.3) is 0 Å². The maximum Gasteiger partial charge on any atom is 0.410 e. The molecule has 1 unspecified atom stereocenters. The highest BCUT2D eigenvalue weighted by atomic mass is 16.6. The van der Waals surface area contributed by atoms with E-state index in [2.05, 4.69) is 5.32 Å². The predicted octanol–water partition coefficient (Wildman–Crippen LogP) is 1.39. The average Bonchev–Trinajstić information content (AvgIpc) is 2.24. The third-order valence-electron chi connectivity index (χ3n) is 2.96. The summed E-state index contributed by atoms with van der Waals surface area (Å²) in [5.41, 5.74) is -0.469. The van der Waals surface area contributed by atoms with Crippen molar-refractivity contribution in [2.75, 3.05) is 26.2 Å². The van der Waals surface area contributed by atoms with Gasteiger partial charge in [0.1, 0.15) is 11.7 Å². The second-order valence-electron chi connectivity index (χ2n) is 6.09. The van der Waals surface area contributed by atoms with Crippen molar-refractivity contribution in [2.24, 2.45) is 5.92 Å². The number of rotatable bonds is 5. The molecule has 6 heteroatoms. The lowest BCUT2D eigenvalue weighted by Crippen LogP contribution is -2.55. The summed E-state index contributed by atoms with van der Waals surface area (Å²) in [6.07, 6.45) is -0.718. The summed E-state index contributed by atoms with van der Waals surface area (Å²) in [4.78, 5) is 25.0. The third-order valence-corrected chi connectivity index (χ3v) is 2.96. The number of nitrogens with one attached hydrogen (secondary N) is 1. The molecule has 1 fully saturated rings. The first kappa shape index (κ1) is 16.8. The van der Waals surface area contributed by atoms with E-state index in [1.165, 1.54) is 0 Å². The Bertz CT molecular complexity index is 346. The maximum atomic E-state index is 11.7. The van der Waals surface area contributed by atoms with Gasteiger partial charge < -0.3 is 19.7 Å². The number of carbonyl (C=O) groups is 2. The summed E-state index contributed by atoms with van der Waals surface area (Å²) < 4.78 is 10.5. The number of amides is 2. The van der Waals surface area contributed by atoms with Gasteiger partial charge in [-0.25, -0.2) is 4.79 Å². The van der Waals surface area contributed by atoms with Gasteiger partial charge in [-0.1, -0.05) is 0 Å². The Hall–Kier alpha value is -1.30. The van der Waals surface area contributed by atoms with E-state index in [-0.39, 0.29) is 12.0 Å². The minimum Gasteiger partial charge on any atom is -0.444 e. The molecule has 1 aliphatic rings. The molecule has 1 atom stereocenters. The standard InChI is InChI=1S/C14H26N2O4/c1-6-19-10(2)12(17)15-7-11-8-16(9-11)13(18)20-14(3,4)5/h10-11H,6-9H2,1-5H3,(H,15,17). The van der Waals surface area contributed by atoms with Crippen molar-refractivity contribution in [3.63, 3.8) is 0 Å². The Balaban J connectivity index is 2.19. The van der Waals surface area contributed by atoms with Crippen molar-refractivity contribution >= 4 is 12.0 Å². The minimum atomic E-state index is -0.469. The fourth-order valence-corrected chi connectivity index (χ4v) is 1.89. The SMILES string of the molecule is CCOC(C)C(=O)NCC1CN(C(=O)OC(C)(C)C)C1. The van der Waals surface area contributed by atoms with Gasteiger partial charge in [-0.3, -0.25) is 4.79 Å². The summed E-state index contributed by atoms with van der Waals surface area (Å²) in [5.74, 6) is 0.183. The van der Waals surface area contributed by atoms with E-state index in [4.69, 9.17) is 9.47 Å². The quantitative estimate of drug-likeness (QED) is 0.829. The van der Waals surface area contributed by atoms with Gasteiger partial charge in [0, 0.05) is 32.2 Å². The second-order valence-corrected chi connectivity index (χ2v) is 6.09. The molecule has 116 valence electrons. The molecule has 0 spiro atoms. The first-order valence-corrected chi connectivity index (χ1v) is 7.10. The van der Waals surface area contributed by atoms with Crippen molar-refractivity contribution in [3.8, 4) is 0 Å². The van der Waals surface area contributed by atoms with Crippen LogP contribution in [0.15, 0.2) is 0 Å². The van der Waals surface area contributed by atoms with E-state index in [9.17, 15) is 9.59 Å². The molecule has 1 N–H and O–H groups in total. The molecule has 0 bridgehead atoms. The van der Waals surface area contributed by atoms with Gasteiger partial charge in [-0.15, -0.1) is 0 Å². The smallest absolute Gasteiger partial charge is 0.410 e. The monoisotopic (exact) mass is 286 g/mol. The van der Waals surface area contributed by atoms with Gasteiger partial charge in [0.05, 0.1) is 0 Å². The molecule has 1 rings (SSSR count). The normalized spacial score (nSPS) is 17.4. The van der Waals surface area contributed by atoms with E-state index in [1.807, 2.05) is 27.7 Å². The lowest BCUT2D eigenvalue weighted by molar-refractivity contribution is -0.131. The Morgan fingerprint density at radius 2 is 1.95 bits per heavy atom.